The summed E-state index contributed by atoms with van der Waals surface area (Å²) >= 11 is 0. The van der Waals surface area contributed by atoms with Gasteiger partial charge in [-0.3, -0.25) is 9.78 Å². The van der Waals surface area contributed by atoms with Gasteiger partial charge in [-0.25, -0.2) is 0 Å². The Morgan fingerprint density at radius 2 is 2.10 bits per heavy atom. The molecule has 0 atom stereocenters. The molecule has 1 aliphatic rings. The maximum Gasteiger partial charge on any atom is 0.255 e. The van der Waals surface area contributed by atoms with Gasteiger partial charge in [0.25, 0.3) is 5.91 Å². The number of hydrogen-bond donors (Lipinski definition) is 1. The molecule has 2 heterocycles. The van der Waals surface area contributed by atoms with Crippen molar-refractivity contribution in [1.29, 1.82) is 0 Å². The molecule has 5 heteroatoms. The van der Waals surface area contributed by atoms with Crippen LogP contribution < -0.4 is 5.73 Å². The zero-order chi connectivity index (χ0) is 14.7. The molecule has 0 unspecified atom stereocenters. The van der Waals surface area contributed by atoms with Crippen LogP contribution in [0.15, 0.2) is 12.3 Å². The van der Waals surface area contributed by atoms with E-state index in [4.69, 9.17) is 5.73 Å². The fraction of sp³-hybridized carbons (Fsp3) is 0.600. The van der Waals surface area contributed by atoms with Crippen LogP contribution in [0.4, 0.5) is 5.69 Å². The van der Waals surface area contributed by atoms with Crippen LogP contribution in [0, 0.1) is 12.8 Å². The van der Waals surface area contributed by atoms with Crippen molar-refractivity contribution < 1.29 is 4.79 Å². The van der Waals surface area contributed by atoms with E-state index in [2.05, 4.69) is 24.0 Å². The van der Waals surface area contributed by atoms with E-state index in [0.717, 1.165) is 38.2 Å². The van der Waals surface area contributed by atoms with Crippen molar-refractivity contribution in [2.24, 2.45) is 5.92 Å². The van der Waals surface area contributed by atoms with Crippen LogP contribution in [0.5, 0.6) is 0 Å². The Morgan fingerprint density at radius 1 is 1.45 bits per heavy atom. The number of nitrogens with zero attached hydrogens (tertiary/aromatic N) is 3. The van der Waals surface area contributed by atoms with Crippen molar-refractivity contribution in [3.63, 3.8) is 0 Å². The maximum absolute atomic E-state index is 12.5. The third kappa shape index (κ3) is 3.48. The molecule has 20 heavy (non-hydrogen) atoms. The molecule has 0 spiro atoms. The molecule has 1 saturated heterocycles. The molecule has 2 N–H and O–H groups in total. The summed E-state index contributed by atoms with van der Waals surface area (Å²) in [6.07, 6.45) is 3.73. The molecule has 0 aliphatic carbocycles. The SMILES string of the molecule is Cc1ncc(N)cc1C(=O)N1CCC(CN(C)C)CC1. The Labute approximate surface area is 120 Å². The molecular formula is C15H24N4O. The Bertz CT molecular complexity index is 479. The van der Waals surface area contributed by atoms with E-state index < -0.39 is 0 Å². The van der Waals surface area contributed by atoms with E-state index in [1.54, 1.807) is 12.3 Å². The third-order valence-electron chi connectivity index (χ3n) is 3.86. The van der Waals surface area contributed by atoms with Gasteiger partial charge in [0.2, 0.25) is 0 Å². The normalized spacial score (nSPS) is 16.7. The first-order valence-corrected chi connectivity index (χ1v) is 7.13. The van der Waals surface area contributed by atoms with Gasteiger partial charge < -0.3 is 15.5 Å². The van der Waals surface area contributed by atoms with Gasteiger partial charge in [0.1, 0.15) is 0 Å². The summed E-state index contributed by atoms with van der Waals surface area (Å²) in [6.45, 7) is 4.60. The lowest BCUT2D eigenvalue weighted by atomic mass is 9.96. The average molecular weight is 276 g/mol. The molecular weight excluding hydrogens is 252 g/mol. The summed E-state index contributed by atoms with van der Waals surface area (Å²) in [5.41, 5.74) is 7.66. The first-order chi connectivity index (χ1) is 9.47. The van der Waals surface area contributed by atoms with Crippen LogP contribution in [0.1, 0.15) is 28.9 Å². The first kappa shape index (κ1) is 14.8. The standard InChI is InChI=1S/C15H24N4O/c1-11-14(8-13(16)9-17-11)15(20)19-6-4-12(5-7-19)10-18(2)3/h8-9,12H,4-7,10,16H2,1-3H3. The van der Waals surface area contributed by atoms with Gasteiger partial charge in [-0.2, -0.15) is 0 Å². The lowest BCUT2D eigenvalue weighted by Crippen LogP contribution is -2.41. The molecule has 2 rings (SSSR count). The number of anilines is 1. The smallest absolute Gasteiger partial charge is 0.255 e. The van der Waals surface area contributed by atoms with E-state index in [-0.39, 0.29) is 5.91 Å². The zero-order valence-electron chi connectivity index (χ0n) is 12.6. The molecule has 1 aromatic rings. The second-order valence-electron chi connectivity index (χ2n) is 5.90. The highest BCUT2D eigenvalue weighted by molar-refractivity contribution is 5.96. The fourth-order valence-electron chi connectivity index (χ4n) is 2.77. The van der Waals surface area contributed by atoms with Crippen molar-refractivity contribution in [3.8, 4) is 0 Å². The highest BCUT2D eigenvalue weighted by atomic mass is 16.2. The van der Waals surface area contributed by atoms with E-state index in [1.807, 2.05) is 11.8 Å². The van der Waals surface area contributed by atoms with Gasteiger partial charge in [0.15, 0.2) is 0 Å². The molecule has 0 radical (unpaired) electrons. The van der Waals surface area contributed by atoms with Crippen LogP contribution in [0.3, 0.4) is 0 Å². The minimum atomic E-state index is 0.0607. The van der Waals surface area contributed by atoms with Crippen molar-refractivity contribution >= 4 is 11.6 Å². The number of aryl methyl sites for hydroxylation is 1. The number of likely N-dealkylation sites (tertiary alicyclic amines) is 1. The van der Waals surface area contributed by atoms with Gasteiger partial charge in [-0.1, -0.05) is 0 Å². The Kier molecular flexibility index (Phi) is 4.60. The number of rotatable bonds is 3. The number of carbonyl (C=O) groups is 1. The quantitative estimate of drug-likeness (QED) is 0.906. The third-order valence-corrected chi connectivity index (χ3v) is 3.86. The molecule has 5 nitrogen and oxygen atoms in total. The summed E-state index contributed by atoms with van der Waals surface area (Å²) < 4.78 is 0. The highest BCUT2D eigenvalue weighted by Gasteiger charge is 2.25. The number of piperidine rings is 1. The topological polar surface area (TPSA) is 62.5 Å². The van der Waals surface area contributed by atoms with Crippen molar-refractivity contribution in [3.05, 3.63) is 23.5 Å². The molecule has 1 amide bonds. The molecule has 110 valence electrons. The van der Waals surface area contributed by atoms with Gasteiger partial charge in [0.05, 0.1) is 23.1 Å². The highest BCUT2D eigenvalue weighted by Crippen LogP contribution is 2.21. The average Bonchev–Trinajstić information content (AvgIpc) is 2.41. The van der Waals surface area contributed by atoms with E-state index >= 15 is 0 Å². The first-order valence-electron chi connectivity index (χ1n) is 7.13. The van der Waals surface area contributed by atoms with E-state index in [0.29, 0.717) is 17.2 Å². The van der Waals surface area contributed by atoms with Crippen LogP contribution in [0.2, 0.25) is 0 Å². The number of hydrogen-bond acceptors (Lipinski definition) is 4. The largest absolute Gasteiger partial charge is 0.397 e. The number of pyridine rings is 1. The van der Waals surface area contributed by atoms with E-state index in [1.165, 1.54) is 0 Å². The lowest BCUT2D eigenvalue weighted by molar-refractivity contribution is 0.0677. The van der Waals surface area contributed by atoms with Crippen molar-refractivity contribution in [2.75, 3.05) is 39.5 Å². The predicted molar refractivity (Wildman–Crippen MR) is 80.6 cm³/mol. The van der Waals surface area contributed by atoms with Crippen LogP contribution in [0.25, 0.3) is 0 Å². The number of amides is 1. The zero-order valence-corrected chi connectivity index (χ0v) is 12.6. The van der Waals surface area contributed by atoms with Gasteiger partial charge >= 0.3 is 0 Å². The van der Waals surface area contributed by atoms with Crippen molar-refractivity contribution in [1.82, 2.24) is 14.8 Å². The van der Waals surface area contributed by atoms with Crippen LogP contribution >= 0.6 is 0 Å². The van der Waals surface area contributed by atoms with Crippen molar-refractivity contribution in [2.45, 2.75) is 19.8 Å². The molecule has 1 fully saturated rings. The number of aromatic nitrogens is 1. The Morgan fingerprint density at radius 3 is 2.70 bits per heavy atom. The van der Waals surface area contributed by atoms with Crippen LogP contribution in [-0.4, -0.2) is 54.4 Å². The lowest BCUT2D eigenvalue weighted by Gasteiger charge is -2.33. The van der Waals surface area contributed by atoms with Gasteiger partial charge in [-0.15, -0.1) is 0 Å². The Hall–Kier alpha value is -1.62. The second-order valence-corrected chi connectivity index (χ2v) is 5.90. The minimum Gasteiger partial charge on any atom is -0.397 e. The number of carbonyl (C=O) groups excluding carboxylic acids is 1. The molecule has 1 aliphatic heterocycles. The second kappa shape index (κ2) is 6.22. The minimum absolute atomic E-state index is 0.0607. The molecule has 0 saturated carbocycles. The monoisotopic (exact) mass is 276 g/mol. The van der Waals surface area contributed by atoms with Gasteiger partial charge in [-0.05, 0) is 45.8 Å². The Balaban J connectivity index is 2.00. The summed E-state index contributed by atoms with van der Waals surface area (Å²) in [5.74, 6) is 0.750. The maximum atomic E-state index is 12.5. The summed E-state index contributed by atoms with van der Waals surface area (Å²) in [4.78, 5) is 20.8. The van der Waals surface area contributed by atoms with E-state index in [9.17, 15) is 4.79 Å². The number of nitrogens with two attached hydrogens (primary N) is 1. The van der Waals surface area contributed by atoms with Crippen LogP contribution in [-0.2, 0) is 0 Å². The van der Waals surface area contributed by atoms with Gasteiger partial charge in [0, 0.05) is 19.6 Å². The fourth-order valence-corrected chi connectivity index (χ4v) is 2.77. The summed E-state index contributed by atoms with van der Waals surface area (Å²) in [7, 11) is 4.19. The molecule has 1 aromatic heterocycles. The molecule has 0 aromatic carbocycles. The molecule has 0 bridgehead atoms. The predicted octanol–water partition coefficient (Wildman–Crippen LogP) is 1.39. The summed E-state index contributed by atoms with van der Waals surface area (Å²) in [5, 5.41) is 0. The summed E-state index contributed by atoms with van der Waals surface area (Å²) in [6, 6.07) is 1.73. The number of nitrogen functional groups attached to an aromatic ring is 1.